The van der Waals surface area contributed by atoms with Crippen LogP contribution in [-0.2, 0) is 17.7 Å². The van der Waals surface area contributed by atoms with E-state index in [0.717, 1.165) is 57.2 Å². The first-order valence-electron chi connectivity index (χ1n) is 13.6. The molecule has 1 N–H and O–H groups in total. The van der Waals surface area contributed by atoms with Crippen molar-refractivity contribution in [2.24, 2.45) is 0 Å². The second kappa shape index (κ2) is 11.1. The van der Waals surface area contributed by atoms with Crippen molar-refractivity contribution in [2.75, 3.05) is 69.3 Å². The molecule has 1 aromatic heterocycles. The molecule has 2 fully saturated rings. The number of nitrogens with zero attached hydrogens (tertiary/aromatic N) is 6. The Morgan fingerprint density at radius 2 is 1.97 bits per heavy atom. The van der Waals surface area contributed by atoms with Crippen molar-refractivity contribution in [2.45, 2.75) is 31.5 Å². The summed E-state index contributed by atoms with van der Waals surface area (Å²) in [6.07, 6.45) is 1.34. The van der Waals surface area contributed by atoms with Crippen molar-refractivity contribution in [3.8, 4) is 12.1 Å². The molecule has 3 aromatic rings. The van der Waals surface area contributed by atoms with Gasteiger partial charge in [-0.05, 0) is 24.9 Å². The summed E-state index contributed by atoms with van der Waals surface area (Å²) >= 11 is 0. The lowest BCUT2D eigenvalue weighted by Gasteiger charge is -2.37. The number of nitriles is 1. The van der Waals surface area contributed by atoms with Crippen LogP contribution in [0.2, 0.25) is 0 Å². The second-order valence-electron chi connectivity index (χ2n) is 10.5. The number of fused-ring (bicyclic) bond motifs is 2. The third-order valence-corrected chi connectivity index (χ3v) is 7.76. The zero-order valence-electron chi connectivity index (χ0n) is 22.0. The van der Waals surface area contributed by atoms with Crippen LogP contribution in [0.15, 0.2) is 42.5 Å². The van der Waals surface area contributed by atoms with E-state index in [4.69, 9.17) is 19.4 Å². The van der Waals surface area contributed by atoms with Gasteiger partial charge in [0.1, 0.15) is 18.5 Å². The Kier molecular flexibility index (Phi) is 7.27. The molecule has 9 heteroatoms. The average molecular weight is 514 g/mol. The van der Waals surface area contributed by atoms with Crippen LogP contribution in [0.25, 0.3) is 10.8 Å². The number of nitrogens with one attached hydrogen (secondary N) is 1. The predicted octanol–water partition coefficient (Wildman–Crippen LogP) is 2.59. The van der Waals surface area contributed by atoms with Crippen LogP contribution in [-0.4, -0.2) is 86.5 Å². The number of hydrogen-bond donors (Lipinski definition) is 1. The first-order chi connectivity index (χ1) is 18.7. The first-order valence-corrected chi connectivity index (χ1v) is 13.6. The number of benzene rings is 2. The summed E-state index contributed by atoms with van der Waals surface area (Å²) in [6.45, 7) is 6.92. The lowest BCUT2D eigenvalue weighted by atomic mass is 10.0. The molecule has 6 rings (SSSR count). The molecule has 2 aromatic carbocycles. The van der Waals surface area contributed by atoms with Crippen molar-refractivity contribution in [3.05, 3.63) is 53.7 Å². The maximum absolute atomic E-state index is 9.26. The summed E-state index contributed by atoms with van der Waals surface area (Å²) < 4.78 is 12.1. The fourth-order valence-electron chi connectivity index (χ4n) is 5.80. The number of piperazine rings is 1. The van der Waals surface area contributed by atoms with Gasteiger partial charge in [-0.15, -0.1) is 0 Å². The summed E-state index contributed by atoms with van der Waals surface area (Å²) in [4.78, 5) is 16.9. The highest BCUT2D eigenvalue weighted by atomic mass is 16.5. The number of anilines is 2. The molecular formula is C29H35N7O2. The molecule has 1 unspecified atom stereocenters. The van der Waals surface area contributed by atoms with E-state index in [0.29, 0.717) is 32.2 Å². The van der Waals surface area contributed by atoms with Crippen molar-refractivity contribution < 1.29 is 9.47 Å². The van der Waals surface area contributed by atoms with E-state index in [-0.39, 0.29) is 12.1 Å². The van der Waals surface area contributed by atoms with Crippen LogP contribution >= 0.6 is 0 Å². The summed E-state index contributed by atoms with van der Waals surface area (Å²) in [7, 11) is 2.10. The molecule has 3 aliphatic heterocycles. The lowest BCUT2D eigenvalue weighted by molar-refractivity contribution is -0.0417. The fraction of sp³-hybridized carbons (Fsp3) is 0.483. The largest absolute Gasteiger partial charge is 0.461 e. The Morgan fingerprint density at radius 3 is 2.87 bits per heavy atom. The van der Waals surface area contributed by atoms with Crippen LogP contribution in [0.3, 0.4) is 0 Å². The SMILES string of the molecule is CN1CCO[C@@H](COc2nc3c(c(N4CCNC(CC#N)C4)n2)CCN(c2cccc4ccccc24)C3)C1. The van der Waals surface area contributed by atoms with Crippen LogP contribution in [0.1, 0.15) is 17.7 Å². The smallest absolute Gasteiger partial charge is 0.318 e. The third-order valence-electron chi connectivity index (χ3n) is 7.76. The number of hydrogen-bond acceptors (Lipinski definition) is 9. The molecule has 0 saturated carbocycles. The Morgan fingerprint density at radius 1 is 1.08 bits per heavy atom. The Hall–Kier alpha value is -3.45. The molecule has 2 saturated heterocycles. The van der Waals surface area contributed by atoms with Crippen molar-refractivity contribution in [3.63, 3.8) is 0 Å². The Labute approximate surface area is 224 Å². The second-order valence-corrected chi connectivity index (χ2v) is 10.5. The maximum Gasteiger partial charge on any atom is 0.318 e. The summed E-state index contributed by atoms with van der Waals surface area (Å²) in [5, 5.41) is 15.2. The third kappa shape index (κ3) is 5.25. The highest BCUT2D eigenvalue weighted by Crippen LogP contribution is 2.34. The summed E-state index contributed by atoms with van der Waals surface area (Å²) in [5.74, 6) is 0.952. The van der Waals surface area contributed by atoms with Gasteiger partial charge in [-0.1, -0.05) is 36.4 Å². The number of likely N-dealkylation sites (N-methyl/N-ethyl adjacent to an activating group) is 1. The summed E-state index contributed by atoms with van der Waals surface area (Å²) in [5.41, 5.74) is 3.44. The first kappa shape index (κ1) is 24.9. The minimum Gasteiger partial charge on any atom is -0.461 e. The number of morpholine rings is 1. The minimum atomic E-state index is 0.00297. The van der Waals surface area contributed by atoms with Gasteiger partial charge in [0.05, 0.1) is 31.3 Å². The molecule has 3 aliphatic rings. The van der Waals surface area contributed by atoms with Gasteiger partial charge in [0.2, 0.25) is 0 Å². The zero-order chi connectivity index (χ0) is 25.9. The number of aromatic nitrogens is 2. The molecule has 0 spiro atoms. The molecule has 198 valence electrons. The predicted molar refractivity (Wildman–Crippen MR) is 148 cm³/mol. The van der Waals surface area contributed by atoms with E-state index in [9.17, 15) is 5.26 Å². The van der Waals surface area contributed by atoms with Gasteiger partial charge in [0.15, 0.2) is 0 Å². The van der Waals surface area contributed by atoms with Crippen LogP contribution in [0, 0.1) is 11.3 Å². The average Bonchev–Trinajstić information content (AvgIpc) is 2.95. The quantitative estimate of drug-likeness (QED) is 0.534. The van der Waals surface area contributed by atoms with Crippen molar-refractivity contribution >= 4 is 22.3 Å². The van der Waals surface area contributed by atoms with Gasteiger partial charge in [-0.25, -0.2) is 0 Å². The van der Waals surface area contributed by atoms with Gasteiger partial charge in [0.25, 0.3) is 0 Å². The monoisotopic (exact) mass is 513 g/mol. The van der Waals surface area contributed by atoms with Crippen molar-refractivity contribution in [1.82, 2.24) is 20.2 Å². The summed E-state index contributed by atoms with van der Waals surface area (Å²) in [6, 6.07) is 17.9. The van der Waals surface area contributed by atoms with E-state index in [1.807, 2.05) is 0 Å². The van der Waals surface area contributed by atoms with Crippen LogP contribution in [0.5, 0.6) is 6.01 Å². The molecule has 0 bridgehead atoms. The Bertz CT molecular complexity index is 1320. The number of ether oxygens (including phenoxy) is 2. The molecule has 9 nitrogen and oxygen atoms in total. The van der Waals surface area contributed by atoms with Gasteiger partial charge in [-0.2, -0.15) is 15.2 Å². The van der Waals surface area contributed by atoms with Gasteiger partial charge < -0.3 is 29.5 Å². The minimum absolute atomic E-state index is 0.00297. The number of rotatable bonds is 6. The van der Waals surface area contributed by atoms with Crippen molar-refractivity contribution in [1.29, 1.82) is 5.26 Å². The van der Waals surface area contributed by atoms with Gasteiger partial charge in [0, 0.05) is 61.9 Å². The Balaban J connectivity index is 1.30. The molecular weight excluding hydrogens is 478 g/mol. The standard InChI is InChI=1S/C29H35N7O2/c1-34-15-16-37-23(18-34)20-38-29-32-26-19-35(27-8-4-6-21-5-2-3-7-24(21)27)13-10-25(26)28(33-29)36-14-12-31-22(17-36)9-11-30/h2-8,22-23,31H,9-10,12-20H2,1H3/t22?,23-/m1/s1. The lowest BCUT2D eigenvalue weighted by Crippen LogP contribution is -2.51. The van der Waals surface area contributed by atoms with Crippen LogP contribution < -0.4 is 19.9 Å². The van der Waals surface area contributed by atoms with Gasteiger partial charge in [-0.3, -0.25) is 0 Å². The molecule has 0 amide bonds. The van der Waals surface area contributed by atoms with E-state index in [1.165, 1.54) is 22.0 Å². The molecule has 38 heavy (non-hydrogen) atoms. The van der Waals surface area contributed by atoms with Gasteiger partial charge >= 0.3 is 6.01 Å². The van der Waals surface area contributed by atoms with E-state index in [2.05, 4.69) is 75.6 Å². The highest BCUT2D eigenvalue weighted by molar-refractivity contribution is 5.94. The molecule has 0 aliphatic carbocycles. The highest BCUT2D eigenvalue weighted by Gasteiger charge is 2.29. The molecule has 0 radical (unpaired) electrons. The fourth-order valence-corrected chi connectivity index (χ4v) is 5.80. The normalized spacial score (nSPS) is 22.2. The topological polar surface area (TPSA) is 89.8 Å². The van der Waals surface area contributed by atoms with E-state index in [1.54, 1.807) is 0 Å². The molecule has 2 atom stereocenters. The zero-order valence-corrected chi connectivity index (χ0v) is 22.0. The van der Waals surface area contributed by atoms with Crippen LogP contribution in [0.4, 0.5) is 11.5 Å². The molecule has 4 heterocycles. The van der Waals surface area contributed by atoms with E-state index >= 15 is 0 Å². The maximum atomic E-state index is 9.26. The van der Waals surface area contributed by atoms with E-state index < -0.39 is 0 Å².